The molecular formula is C23H22N4O4. The molecule has 3 N–H and O–H groups in total. The number of hydrogen-bond acceptors (Lipinski definition) is 7. The Morgan fingerprint density at radius 2 is 1.94 bits per heavy atom. The molecule has 158 valence electrons. The number of carbonyl (C=O) groups excluding carboxylic acids is 1. The van der Waals surface area contributed by atoms with Crippen molar-refractivity contribution in [2.75, 3.05) is 19.0 Å². The van der Waals surface area contributed by atoms with Gasteiger partial charge in [-0.3, -0.25) is 9.78 Å². The Labute approximate surface area is 178 Å². The van der Waals surface area contributed by atoms with Gasteiger partial charge in [0.15, 0.2) is 5.58 Å². The molecule has 2 aromatic carbocycles. The number of benzene rings is 2. The monoisotopic (exact) mass is 418 g/mol. The number of aliphatic hydroxyl groups is 1. The number of aromatic nitrogens is 2. The second-order valence-electron chi connectivity index (χ2n) is 6.83. The first-order valence-electron chi connectivity index (χ1n) is 9.85. The van der Waals surface area contributed by atoms with Crippen molar-refractivity contribution < 1.29 is 19.1 Å². The average Bonchev–Trinajstić information content (AvgIpc) is 3.20. The van der Waals surface area contributed by atoms with Gasteiger partial charge >= 0.3 is 0 Å². The molecule has 0 aliphatic carbocycles. The first-order chi connectivity index (χ1) is 15.2. The van der Waals surface area contributed by atoms with Crippen LogP contribution >= 0.6 is 0 Å². The Morgan fingerprint density at radius 3 is 2.71 bits per heavy atom. The summed E-state index contributed by atoms with van der Waals surface area (Å²) in [5.74, 6) is 0.736. The van der Waals surface area contributed by atoms with Crippen molar-refractivity contribution >= 4 is 23.0 Å². The maximum absolute atomic E-state index is 11.8. The van der Waals surface area contributed by atoms with Gasteiger partial charge in [0.05, 0.1) is 6.04 Å². The van der Waals surface area contributed by atoms with Crippen LogP contribution in [0.5, 0.6) is 11.5 Å². The van der Waals surface area contributed by atoms with Crippen LogP contribution in [0.4, 0.5) is 6.01 Å². The molecule has 2 aromatic heterocycles. The molecule has 0 aliphatic heterocycles. The maximum atomic E-state index is 11.8. The van der Waals surface area contributed by atoms with E-state index in [-0.39, 0.29) is 24.2 Å². The topological polar surface area (TPSA) is 110 Å². The van der Waals surface area contributed by atoms with Crippen LogP contribution in [0.25, 0.3) is 11.1 Å². The fraction of sp³-hybridized carbons (Fsp3) is 0.174. The number of anilines is 1. The summed E-state index contributed by atoms with van der Waals surface area (Å²) in [5.41, 5.74) is 2.53. The molecule has 1 atom stereocenters. The van der Waals surface area contributed by atoms with Gasteiger partial charge < -0.3 is 24.9 Å². The summed E-state index contributed by atoms with van der Waals surface area (Å²) in [6.45, 7) is 0.0365. The number of aliphatic hydroxyl groups excluding tert-OH is 1. The molecule has 0 saturated carbocycles. The Hall–Kier alpha value is -3.91. The minimum atomic E-state index is -0.289. The van der Waals surface area contributed by atoms with E-state index in [1.165, 1.54) is 6.20 Å². The molecule has 0 fully saturated rings. The van der Waals surface area contributed by atoms with E-state index >= 15 is 0 Å². The number of nitrogens with zero attached hydrogens (tertiary/aromatic N) is 2. The third kappa shape index (κ3) is 4.81. The highest BCUT2D eigenvalue weighted by Crippen LogP contribution is 2.29. The van der Waals surface area contributed by atoms with Gasteiger partial charge in [-0.15, -0.1) is 0 Å². The molecule has 1 amide bonds. The van der Waals surface area contributed by atoms with Gasteiger partial charge in [0, 0.05) is 32.0 Å². The van der Waals surface area contributed by atoms with E-state index < -0.39 is 0 Å². The van der Waals surface area contributed by atoms with Gasteiger partial charge in [-0.2, -0.15) is 4.98 Å². The number of amides is 1. The van der Waals surface area contributed by atoms with Crippen molar-refractivity contribution in [2.24, 2.45) is 0 Å². The van der Waals surface area contributed by atoms with Crippen molar-refractivity contribution in [3.63, 3.8) is 0 Å². The smallest absolute Gasteiger partial charge is 0.296 e. The van der Waals surface area contributed by atoms with E-state index in [1.807, 2.05) is 30.3 Å². The molecule has 31 heavy (non-hydrogen) atoms. The number of rotatable bonds is 8. The van der Waals surface area contributed by atoms with Gasteiger partial charge in [-0.05, 0) is 30.2 Å². The number of hydrogen-bond donors (Lipinski definition) is 3. The van der Waals surface area contributed by atoms with E-state index in [0.29, 0.717) is 35.0 Å². The summed E-state index contributed by atoms with van der Waals surface area (Å²) in [5, 5.41) is 15.2. The number of nitrogens with one attached hydrogen (secondary N) is 2. The lowest BCUT2D eigenvalue weighted by atomic mass is 10.0. The number of ether oxygens (including phenoxy) is 1. The van der Waals surface area contributed by atoms with E-state index in [4.69, 9.17) is 9.15 Å². The molecular weight excluding hydrogens is 396 g/mol. The number of fused-ring (bicyclic) bond motifs is 1. The lowest BCUT2D eigenvalue weighted by molar-refractivity contribution is 0.0958. The van der Waals surface area contributed by atoms with Crippen LogP contribution in [0.1, 0.15) is 28.5 Å². The summed E-state index contributed by atoms with van der Waals surface area (Å²) in [6, 6.07) is 18.6. The zero-order chi connectivity index (χ0) is 21.6. The molecule has 2 heterocycles. The number of pyridine rings is 1. The van der Waals surface area contributed by atoms with E-state index in [0.717, 1.165) is 5.56 Å². The van der Waals surface area contributed by atoms with Crippen LogP contribution in [0.2, 0.25) is 0 Å². The second-order valence-corrected chi connectivity index (χ2v) is 6.83. The first-order valence-corrected chi connectivity index (χ1v) is 9.85. The molecule has 0 bridgehead atoms. The summed E-state index contributed by atoms with van der Waals surface area (Å²) in [6.07, 6.45) is 2.03. The average molecular weight is 418 g/mol. The van der Waals surface area contributed by atoms with Crippen molar-refractivity contribution in [1.29, 1.82) is 0 Å². The summed E-state index contributed by atoms with van der Waals surface area (Å²) in [4.78, 5) is 20.3. The highest BCUT2D eigenvalue weighted by molar-refractivity contribution is 5.92. The van der Waals surface area contributed by atoms with Crippen LogP contribution in [0.3, 0.4) is 0 Å². The summed E-state index contributed by atoms with van der Waals surface area (Å²) < 4.78 is 11.7. The SMILES string of the molecule is CNC(=O)c1cc(Oc2ccc3nc(N[C@H](CCO)c4ccccc4)oc3c2)ccn1. The van der Waals surface area contributed by atoms with Crippen molar-refractivity contribution in [3.8, 4) is 11.5 Å². The minimum absolute atomic E-state index is 0.0365. The zero-order valence-corrected chi connectivity index (χ0v) is 16.9. The number of carbonyl (C=O) groups is 1. The highest BCUT2D eigenvalue weighted by Gasteiger charge is 2.15. The zero-order valence-electron chi connectivity index (χ0n) is 16.9. The van der Waals surface area contributed by atoms with Crippen LogP contribution in [-0.4, -0.2) is 34.6 Å². The van der Waals surface area contributed by atoms with Crippen LogP contribution in [-0.2, 0) is 0 Å². The molecule has 0 radical (unpaired) electrons. The van der Waals surface area contributed by atoms with Gasteiger partial charge in [0.2, 0.25) is 0 Å². The number of oxazole rings is 1. The maximum Gasteiger partial charge on any atom is 0.296 e. The largest absolute Gasteiger partial charge is 0.457 e. The molecule has 0 aliphatic rings. The third-order valence-corrected chi connectivity index (χ3v) is 4.70. The predicted octanol–water partition coefficient (Wildman–Crippen LogP) is 3.91. The quantitative estimate of drug-likeness (QED) is 0.398. The molecule has 8 heteroatoms. The second kappa shape index (κ2) is 9.27. The lowest BCUT2D eigenvalue weighted by Gasteiger charge is -2.16. The Morgan fingerprint density at radius 1 is 1.13 bits per heavy atom. The van der Waals surface area contributed by atoms with E-state index in [2.05, 4.69) is 20.6 Å². The minimum Gasteiger partial charge on any atom is -0.457 e. The Balaban J connectivity index is 1.54. The predicted molar refractivity (Wildman–Crippen MR) is 116 cm³/mol. The molecule has 4 rings (SSSR count). The Bertz CT molecular complexity index is 1180. The summed E-state index contributed by atoms with van der Waals surface area (Å²) in [7, 11) is 1.55. The van der Waals surface area contributed by atoms with Gasteiger partial charge in [-0.1, -0.05) is 30.3 Å². The van der Waals surface area contributed by atoms with E-state index in [9.17, 15) is 9.90 Å². The van der Waals surface area contributed by atoms with Gasteiger partial charge in [0.25, 0.3) is 11.9 Å². The van der Waals surface area contributed by atoms with E-state index in [1.54, 1.807) is 37.4 Å². The highest BCUT2D eigenvalue weighted by atomic mass is 16.5. The normalized spacial score (nSPS) is 11.8. The van der Waals surface area contributed by atoms with Crippen LogP contribution in [0, 0.1) is 0 Å². The van der Waals surface area contributed by atoms with Crippen molar-refractivity contribution in [3.05, 3.63) is 78.1 Å². The van der Waals surface area contributed by atoms with Crippen LogP contribution < -0.4 is 15.4 Å². The van der Waals surface area contributed by atoms with Gasteiger partial charge in [0.1, 0.15) is 22.7 Å². The van der Waals surface area contributed by atoms with Crippen molar-refractivity contribution in [1.82, 2.24) is 15.3 Å². The molecule has 0 saturated heterocycles. The van der Waals surface area contributed by atoms with Crippen molar-refractivity contribution in [2.45, 2.75) is 12.5 Å². The molecule has 4 aromatic rings. The molecule has 0 spiro atoms. The fourth-order valence-electron chi connectivity index (χ4n) is 3.18. The first kappa shape index (κ1) is 20.4. The van der Waals surface area contributed by atoms with Gasteiger partial charge in [-0.25, -0.2) is 0 Å². The third-order valence-electron chi connectivity index (χ3n) is 4.70. The molecule has 8 nitrogen and oxygen atoms in total. The fourth-order valence-corrected chi connectivity index (χ4v) is 3.18. The van der Waals surface area contributed by atoms with Crippen LogP contribution in [0.15, 0.2) is 71.3 Å². The standard InChI is InChI=1S/C23H22N4O4/c1-24-22(29)20-13-17(9-11-25-20)30-16-7-8-19-21(14-16)31-23(27-19)26-18(10-12-28)15-5-3-2-4-6-15/h2-9,11,13-14,18,28H,10,12H2,1H3,(H,24,29)(H,26,27)/t18-/m1/s1. The summed E-state index contributed by atoms with van der Waals surface area (Å²) >= 11 is 0. The molecule has 0 unspecified atom stereocenters. The lowest BCUT2D eigenvalue weighted by Crippen LogP contribution is -2.18. The Kier molecular flexibility index (Phi) is 6.09.